The topological polar surface area (TPSA) is 76.1 Å². The van der Waals surface area contributed by atoms with Crippen molar-refractivity contribution in [3.63, 3.8) is 0 Å². The molecule has 1 saturated heterocycles. The van der Waals surface area contributed by atoms with Crippen LogP contribution in [0.2, 0.25) is 0 Å². The van der Waals surface area contributed by atoms with Gasteiger partial charge in [-0.3, -0.25) is 14.5 Å². The fraction of sp³-hybridized carbons (Fsp3) is 0.286. The Labute approximate surface area is 87.5 Å². The maximum Gasteiger partial charge on any atom is 0.252 e. The van der Waals surface area contributed by atoms with Crippen LogP contribution < -0.4 is 4.90 Å². The fourth-order valence-electron chi connectivity index (χ4n) is 1.15. The molecule has 14 heavy (non-hydrogen) atoms. The zero-order valence-corrected chi connectivity index (χ0v) is 8.56. The molecule has 0 radical (unpaired) electrons. The van der Waals surface area contributed by atoms with Crippen molar-refractivity contribution in [3.8, 4) is 0 Å². The summed E-state index contributed by atoms with van der Waals surface area (Å²) in [5, 5.41) is 7.37. The molecule has 2 rings (SSSR count). The number of carbonyl (C=O) groups excluding carboxylic acids is 2. The molecule has 0 spiro atoms. The van der Waals surface area contributed by atoms with Crippen LogP contribution in [0.4, 0.5) is 5.95 Å². The predicted octanol–water partition coefficient (Wildman–Crippen LogP) is -0.0601. The molecule has 1 aliphatic rings. The average molecular weight is 257 g/mol. The number of hydrogen-bond donors (Lipinski definition) is 0. The lowest BCUT2D eigenvalue weighted by molar-refractivity contribution is -0.121. The van der Waals surface area contributed by atoms with E-state index in [0.717, 1.165) is 0 Å². The number of rotatable bonds is 1. The van der Waals surface area contributed by atoms with Gasteiger partial charge in [-0.2, -0.15) is 0 Å². The summed E-state index contributed by atoms with van der Waals surface area (Å²) < 4.78 is 0.485. The third-order valence-electron chi connectivity index (χ3n) is 1.75. The molecule has 0 aliphatic carbocycles. The van der Waals surface area contributed by atoms with E-state index in [-0.39, 0.29) is 30.6 Å². The fourth-order valence-corrected chi connectivity index (χ4v) is 1.33. The second-order valence-electron chi connectivity index (χ2n) is 2.78. The Balaban J connectivity index is 2.27. The molecule has 1 amide bonds. The van der Waals surface area contributed by atoms with Crippen molar-refractivity contribution in [3.05, 3.63) is 10.8 Å². The molecule has 1 fully saturated rings. The van der Waals surface area contributed by atoms with Gasteiger partial charge in [-0.05, 0) is 15.9 Å². The molecular formula is C7H5BrN4O2. The van der Waals surface area contributed by atoms with Crippen molar-refractivity contribution in [2.75, 3.05) is 11.4 Å². The maximum atomic E-state index is 11.3. The molecule has 0 N–H and O–H groups in total. The van der Waals surface area contributed by atoms with E-state index in [1.165, 1.54) is 11.1 Å². The summed E-state index contributed by atoms with van der Waals surface area (Å²) in [6.07, 6.45) is 1.36. The Bertz CT molecular complexity index is 391. The standard InChI is InChI=1S/C7H5BrN4O2/c8-5-2-9-7(11-10-5)12-3-4(13)1-6(12)14/h2H,1,3H2. The summed E-state index contributed by atoms with van der Waals surface area (Å²) in [7, 11) is 0. The highest BCUT2D eigenvalue weighted by Gasteiger charge is 2.30. The smallest absolute Gasteiger partial charge is 0.252 e. The van der Waals surface area contributed by atoms with Crippen LogP contribution in [0.5, 0.6) is 0 Å². The first-order valence-electron chi connectivity index (χ1n) is 3.84. The van der Waals surface area contributed by atoms with Crippen LogP contribution in [0.1, 0.15) is 6.42 Å². The minimum absolute atomic E-state index is 0.0438. The van der Waals surface area contributed by atoms with Gasteiger partial charge in [-0.1, -0.05) is 0 Å². The number of ketones is 1. The van der Waals surface area contributed by atoms with Crippen LogP contribution in [0.25, 0.3) is 0 Å². The Hall–Kier alpha value is -1.37. The Kier molecular flexibility index (Phi) is 2.24. The summed E-state index contributed by atoms with van der Waals surface area (Å²) in [5.41, 5.74) is 0. The maximum absolute atomic E-state index is 11.3. The molecule has 2 heterocycles. The average Bonchev–Trinajstić information content (AvgIpc) is 2.47. The number of anilines is 1. The minimum Gasteiger partial charge on any atom is -0.297 e. The lowest BCUT2D eigenvalue weighted by atomic mass is 10.3. The number of nitrogens with zero attached hydrogens (tertiary/aromatic N) is 4. The summed E-state index contributed by atoms with van der Waals surface area (Å²) >= 11 is 3.07. The lowest BCUT2D eigenvalue weighted by Crippen LogP contribution is -2.26. The first kappa shape index (κ1) is 9.20. The van der Waals surface area contributed by atoms with Crippen LogP contribution in [0, 0.1) is 0 Å². The largest absolute Gasteiger partial charge is 0.297 e. The van der Waals surface area contributed by atoms with E-state index < -0.39 is 0 Å². The molecule has 1 aliphatic heterocycles. The monoisotopic (exact) mass is 256 g/mol. The highest BCUT2D eigenvalue weighted by Crippen LogP contribution is 2.14. The quantitative estimate of drug-likeness (QED) is 0.659. The van der Waals surface area contributed by atoms with Gasteiger partial charge in [0.25, 0.3) is 5.95 Å². The molecule has 7 heteroatoms. The highest BCUT2D eigenvalue weighted by atomic mass is 79.9. The van der Waals surface area contributed by atoms with Crippen molar-refractivity contribution in [2.45, 2.75) is 6.42 Å². The van der Waals surface area contributed by atoms with Crippen molar-refractivity contribution in [1.82, 2.24) is 15.2 Å². The van der Waals surface area contributed by atoms with E-state index in [9.17, 15) is 9.59 Å². The van der Waals surface area contributed by atoms with Gasteiger partial charge in [0.15, 0.2) is 5.78 Å². The molecule has 6 nitrogen and oxygen atoms in total. The predicted molar refractivity (Wildman–Crippen MR) is 49.5 cm³/mol. The molecule has 72 valence electrons. The van der Waals surface area contributed by atoms with Crippen LogP contribution >= 0.6 is 15.9 Å². The number of carbonyl (C=O) groups is 2. The van der Waals surface area contributed by atoms with E-state index in [1.54, 1.807) is 0 Å². The van der Waals surface area contributed by atoms with Crippen LogP contribution in [0.3, 0.4) is 0 Å². The molecule has 1 aromatic rings. The van der Waals surface area contributed by atoms with Gasteiger partial charge >= 0.3 is 0 Å². The number of aromatic nitrogens is 3. The molecule has 0 aromatic carbocycles. The van der Waals surface area contributed by atoms with E-state index in [4.69, 9.17) is 0 Å². The molecular weight excluding hydrogens is 252 g/mol. The van der Waals surface area contributed by atoms with Crippen LogP contribution in [-0.2, 0) is 9.59 Å². The third-order valence-corrected chi connectivity index (χ3v) is 2.11. The summed E-state index contributed by atoms with van der Waals surface area (Å²) in [6.45, 7) is 0.0438. The van der Waals surface area contributed by atoms with Crippen molar-refractivity contribution < 1.29 is 9.59 Å². The van der Waals surface area contributed by atoms with Gasteiger partial charge < -0.3 is 0 Å². The van der Waals surface area contributed by atoms with Crippen LogP contribution in [-0.4, -0.2) is 33.4 Å². The zero-order chi connectivity index (χ0) is 10.1. The summed E-state index contributed by atoms with van der Waals surface area (Å²) in [5.74, 6) is -0.232. The zero-order valence-electron chi connectivity index (χ0n) is 6.97. The second-order valence-corrected chi connectivity index (χ2v) is 3.59. The highest BCUT2D eigenvalue weighted by molar-refractivity contribution is 9.10. The number of halogens is 1. The van der Waals surface area contributed by atoms with E-state index in [1.807, 2.05) is 0 Å². The van der Waals surface area contributed by atoms with Gasteiger partial charge in [0.1, 0.15) is 4.60 Å². The van der Waals surface area contributed by atoms with Crippen molar-refractivity contribution in [1.29, 1.82) is 0 Å². The molecule has 0 bridgehead atoms. The molecule has 0 saturated carbocycles. The Morgan fingerprint density at radius 3 is 2.64 bits per heavy atom. The molecule has 0 unspecified atom stereocenters. The van der Waals surface area contributed by atoms with E-state index in [2.05, 4.69) is 31.1 Å². The SMILES string of the molecule is O=C1CC(=O)N(c2ncc(Br)nn2)C1. The van der Waals surface area contributed by atoms with Crippen molar-refractivity contribution >= 4 is 33.6 Å². The van der Waals surface area contributed by atoms with Crippen molar-refractivity contribution in [2.24, 2.45) is 0 Å². The normalized spacial score (nSPS) is 16.5. The van der Waals surface area contributed by atoms with Gasteiger partial charge in [-0.25, -0.2) is 4.98 Å². The minimum atomic E-state index is -0.279. The first-order chi connectivity index (χ1) is 6.66. The van der Waals surface area contributed by atoms with E-state index in [0.29, 0.717) is 4.60 Å². The summed E-state index contributed by atoms with van der Waals surface area (Å²) in [6, 6.07) is 0. The number of amides is 1. The second kappa shape index (κ2) is 3.41. The lowest BCUT2D eigenvalue weighted by Gasteiger charge is -2.09. The third kappa shape index (κ3) is 1.63. The van der Waals surface area contributed by atoms with Gasteiger partial charge in [0, 0.05) is 0 Å². The Morgan fingerprint density at radius 2 is 2.14 bits per heavy atom. The number of hydrogen-bond acceptors (Lipinski definition) is 5. The summed E-state index contributed by atoms with van der Waals surface area (Å²) in [4.78, 5) is 27.3. The van der Waals surface area contributed by atoms with Gasteiger partial charge in [0.05, 0.1) is 19.2 Å². The van der Waals surface area contributed by atoms with Gasteiger partial charge in [-0.15, -0.1) is 10.2 Å². The first-order valence-corrected chi connectivity index (χ1v) is 4.63. The molecule has 0 atom stereocenters. The van der Waals surface area contributed by atoms with Gasteiger partial charge in [0.2, 0.25) is 5.91 Å². The molecule has 1 aromatic heterocycles. The van der Waals surface area contributed by atoms with Crippen LogP contribution in [0.15, 0.2) is 10.8 Å². The number of Topliss-reactive ketones (excluding diaryl/α,β-unsaturated/α-hetero) is 1. The van der Waals surface area contributed by atoms with E-state index >= 15 is 0 Å². The Morgan fingerprint density at radius 1 is 1.36 bits per heavy atom.